The Morgan fingerprint density at radius 3 is 2.92 bits per heavy atom. The summed E-state index contributed by atoms with van der Waals surface area (Å²) in [5.41, 5.74) is 0.465. The van der Waals surface area contributed by atoms with Crippen molar-refractivity contribution < 1.29 is 9.32 Å². The zero-order valence-corrected chi connectivity index (χ0v) is 7.49. The first-order chi connectivity index (χ1) is 5.70. The maximum absolute atomic E-state index is 10.7. The average molecular weight is 186 g/mol. The van der Waals surface area contributed by atoms with Crippen molar-refractivity contribution in [1.29, 1.82) is 0 Å². The molecule has 0 fully saturated rings. The minimum Gasteiger partial charge on any atom is -0.386 e. The van der Waals surface area contributed by atoms with Crippen LogP contribution in [0.15, 0.2) is 18.6 Å². The molecule has 0 saturated carbocycles. The van der Waals surface area contributed by atoms with Crippen LogP contribution in [0.1, 0.15) is 11.8 Å². The van der Waals surface area contributed by atoms with E-state index in [4.69, 9.17) is 0 Å². The highest BCUT2D eigenvalue weighted by Crippen LogP contribution is 2.07. The number of aliphatic hydroxyl groups is 1. The molecule has 0 bridgehead atoms. The molecule has 0 aromatic carbocycles. The lowest BCUT2D eigenvalue weighted by atomic mass is 10.3. The number of hydrogen-bond donors (Lipinski definition) is 1. The molecule has 66 valence electrons. The molecule has 0 saturated heterocycles. The van der Waals surface area contributed by atoms with Crippen molar-refractivity contribution in [3.63, 3.8) is 0 Å². The molecule has 2 atom stereocenters. The Morgan fingerprint density at radius 1 is 1.67 bits per heavy atom. The molecule has 1 rings (SSSR count). The van der Waals surface area contributed by atoms with E-state index >= 15 is 0 Å². The third-order valence-electron chi connectivity index (χ3n) is 1.32. The summed E-state index contributed by atoms with van der Waals surface area (Å²) in [6.45, 7) is 0. The summed E-state index contributed by atoms with van der Waals surface area (Å²) in [5.74, 6) is 0.207. The van der Waals surface area contributed by atoms with Gasteiger partial charge in [-0.2, -0.15) is 0 Å². The molecule has 12 heavy (non-hydrogen) atoms. The van der Waals surface area contributed by atoms with E-state index in [1.54, 1.807) is 6.26 Å². The Kier molecular flexibility index (Phi) is 3.31. The van der Waals surface area contributed by atoms with E-state index in [0.717, 1.165) is 0 Å². The first kappa shape index (κ1) is 9.28. The molecule has 0 aliphatic carbocycles. The summed E-state index contributed by atoms with van der Waals surface area (Å²) in [4.78, 5) is 7.68. The summed E-state index contributed by atoms with van der Waals surface area (Å²) in [6, 6.07) is 0. The molecule has 0 spiro atoms. The van der Waals surface area contributed by atoms with E-state index in [0.29, 0.717) is 5.69 Å². The van der Waals surface area contributed by atoms with Crippen molar-refractivity contribution in [3.8, 4) is 0 Å². The van der Waals surface area contributed by atoms with E-state index in [1.807, 2.05) is 0 Å². The first-order valence-corrected chi connectivity index (χ1v) is 5.17. The van der Waals surface area contributed by atoms with Crippen LogP contribution in [0.4, 0.5) is 0 Å². The lowest BCUT2D eigenvalue weighted by molar-refractivity contribution is 0.197. The van der Waals surface area contributed by atoms with Gasteiger partial charge in [0.25, 0.3) is 0 Å². The van der Waals surface area contributed by atoms with Gasteiger partial charge in [0.2, 0.25) is 0 Å². The standard InChI is InChI=1S/C7H10N2O2S/c1-12(11)5-7(10)6-4-8-2-3-9-6/h2-4,7,10H,5H2,1H3/t7-,12+/m1/s1. The highest BCUT2D eigenvalue weighted by Gasteiger charge is 2.09. The molecule has 0 unspecified atom stereocenters. The first-order valence-electron chi connectivity index (χ1n) is 3.44. The molecule has 0 amide bonds. The molecule has 0 aliphatic rings. The Bertz CT molecular complexity index is 265. The quantitative estimate of drug-likeness (QED) is 0.715. The van der Waals surface area contributed by atoms with Crippen LogP contribution in [0.5, 0.6) is 0 Å². The maximum atomic E-state index is 10.7. The summed E-state index contributed by atoms with van der Waals surface area (Å²) in [5, 5.41) is 9.40. The van der Waals surface area contributed by atoms with Crippen LogP contribution >= 0.6 is 0 Å². The fraction of sp³-hybridized carbons (Fsp3) is 0.429. The summed E-state index contributed by atoms with van der Waals surface area (Å²) < 4.78 is 10.7. The third kappa shape index (κ3) is 2.67. The van der Waals surface area contributed by atoms with Crippen molar-refractivity contribution in [2.45, 2.75) is 6.10 Å². The third-order valence-corrected chi connectivity index (χ3v) is 2.10. The van der Waals surface area contributed by atoms with Gasteiger partial charge in [0.1, 0.15) is 6.10 Å². The zero-order chi connectivity index (χ0) is 8.97. The fourth-order valence-electron chi connectivity index (χ4n) is 0.790. The molecule has 1 aromatic heterocycles. The van der Waals surface area contributed by atoms with Crippen LogP contribution in [-0.2, 0) is 10.8 Å². The van der Waals surface area contributed by atoms with Gasteiger partial charge in [-0.1, -0.05) is 0 Å². The van der Waals surface area contributed by atoms with Gasteiger partial charge in [-0.3, -0.25) is 14.2 Å². The average Bonchev–Trinajstić information content (AvgIpc) is 2.05. The van der Waals surface area contributed by atoms with E-state index in [9.17, 15) is 9.32 Å². The number of aliphatic hydroxyl groups excluding tert-OH is 1. The lowest BCUT2D eigenvalue weighted by Crippen LogP contribution is -2.09. The Morgan fingerprint density at radius 2 is 2.42 bits per heavy atom. The van der Waals surface area contributed by atoms with Crippen molar-refractivity contribution in [2.24, 2.45) is 0 Å². The van der Waals surface area contributed by atoms with Crippen molar-refractivity contribution in [1.82, 2.24) is 9.97 Å². The van der Waals surface area contributed by atoms with Crippen molar-refractivity contribution in [2.75, 3.05) is 12.0 Å². The highest BCUT2D eigenvalue weighted by molar-refractivity contribution is 7.84. The summed E-state index contributed by atoms with van der Waals surface area (Å²) in [7, 11) is -1.01. The molecule has 1 aromatic rings. The maximum Gasteiger partial charge on any atom is 0.109 e. The Labute approximate surface area is 73.1 Å². The molecule has 0 aliphatic heterocycles. The van der Waals surface area contributed by atoms with Gasteiger partial charge in [-0.25, -0.2) is 0 Å². The second-order valence-electron chi connectivity index (χ2n) is 2.39. The number of nitrogens with zero attached hydrogens (tertiary/aromatic N) is 2. The SMILES string of the molecule is C[S@](=O)C[C@@H](O)c1cnccn1. The van der Waals surface area contributed by atoms with Gasteiger partial charge in [-0.15, -0.1) is 0 Å². The van der Waals surface area contributed by atoms with E-state index in [2.05, 4.69) is 9.97 Å². The van der Waals surface area contributed by atoms with Crippen LogP contribution < -0.4 is 0 Å². The van der Waals surface area contributed by atoms with Gasteiger partial charge >= 0.3 is 0 Å². The van der Waals surface area contributed by atoms with Gasteiger partial charge in [0.15, 0.2) is 0 Å². The molecule has 1 heterocycles. The second-order valence-corrected chi connectivity index (χ2v) is 3.87. The normalized spacial score (nSPS) is 15.5. The van der Waals surface area contributed by atoms with E-state index in [-0.39, 0.29) is 5.75 Å². The van der Waals surface area contributed by atoms with Gasteiger partial charge < -0.3 is 5.11 Å². The molecule has 5 heteroatoms. The predicted octanol–water partition coefficient (Wildman–Crippen LogP) is -0.112. The highest BCUT2D eigenvalue weighted by atomic mass is 32.2. The summed E-state index contributed by atoms with van der Waals surface area (Å²) >= 11 is 0. The molecule has 0 radical (unpaired) electrons. The van der Waals surface area contributed by atoms with Crippen molar-refractivity contribution >= 4 is 10.8 Å². The van der Waals surface area contributed by atoms with Crippen LogP contribution in [0.2, 0.25) is 0 Å². The Balaban J connectivity index is 2.65. The Hall–Kier alpha value is -0.810. The molecular formula is C7H10N2O2S. The smallest absolute Gasteiger partial charge is 0.109 e. The van der Waals surface area contributed by atoms with E-state index < -0.39 is 16.9 Å². The zero-order valence-electron chi connectivity index (χ0n) is 6.67. The van der Waals surface area contributed by atoms with Crippen LogP contribution in [0, 0.1) is 0 Å². The van der Waals surface area contributed by atoms with Gasteiger partial charge in [0.05, 0.1) is 17.6 Å². The monoisotopic (exact) mass is 186 g/mol. The molecule has 1 N–H and O–H groups in total. The molecule has 4 nitrogen and oxygen atoms in total. The number of hydrogen-bond acceptors (Lipinski definition) is 4. The van der Waals surface area contributed by atoms with Gasteiger partial charge in [-0.05, 0) is 0 Å². The largest absolute Gasteiger partial charge is 0.386 e. The van der Waals surface area contributed by atoms with E-state index in [1.165, 1.54) is 18.6 Å². The van der Waals surface area contributed by atoms with Crippen LogP contribution in [0.3, 0.4) is 0 Å². The topological polar surface area (TPSA) is 63.1 Å². The number of aromatic nitrogens is 2. The second kappa shape index (κ2) is 4.27. The predicted molar refractivity (Wildman–Crippen MR) is 45.9 cm³/mol. The van der Waals surface area contributed by atoms with Crippen LogP contribution in [-0.4, -0.2) is 31.3 Å². The fourth-order valence-corrected chi connectivity index (χ4v) is 1.41. The number of rotatable bonds is 3. The minimum atomic E-state index is -1.01. The van der Waals surface area contributed by atoms with Crippen LogP contribution in [0.25, 0.3) is 0 Å². The van der Waals surface area contributed by atoms with Gasteiger partial charge in [0, 0.05) is 29.4 Å². The summed E-state index contributed by atoms with van der Waals surface area (Å²) in [6.07, 6.45) is 5.26. The molecular weight excluding hydrogens is 176 g/mol. The van der Waals surface area contributed by atoms with Crippen molar-refractivity contribution in [3.05, 3.63) is 24.3 Å². The minimum absolute atomic E-state index is 0.207. The lowest BCUT2D eigenvalue weighted by Gasteiger charge is -2.05.